The number of hydrogen-bond acceptors (Lipinski definition) is 3. The Morgan fingerprint density at radius 2 is 1.68 bits per heavy atom. The molecule has 0 heterocycles. The van der Waals surface area contributed by atoms with Crippen LogP contribution in [-0.4, -0.2) is 32.4 Å². The van der Waals surface area contributed by atoms with E-state index < -0.39 is 0 Å². The minimum atomic E-state index is 0.0392. The van der Waals surface area contributed by atoms with Crippen LogP contribution in [0.3, 0.4) is 0 Å². The highest BCUT2D eigenvalue weighted by Gasteiger charge is 2.11. The number of ether oxygens (including phenoxy) is 2. The standard InChI is InChI=1S/C16H27NO2/c1-12(2)14-6-8-15(9-7-14)19-16(11-18-5)10-17-13(3)4/h6-9,12-13,16-17H,10-11H2,1-5H3. The Balaban J connectivity index is 2.57. The van der Waals surface area contributed by atoms with Gasteiger partial charge in [0.05, 0.1) is 6.61 Å². The van der Waals surface area contributed by atoms with E-state index in [-0.39, 0.29) is 6.10 Å². The van der Waals surface area contributed by atoms with Crippen molar-refractivity contribution in [3.8, 4) is 5.75 Å². The fourth-order valence-corrected chi connectivity index (χ4v) is 1.81. The maximum absolute atomic E-state index is 5.95. The van der Waals surface area contributed by atoms with Gasteiger partial charge in [-0.1, -0.05) is 39.8 Å². The first-order chi connectivity index (χ1) is 9.02. The molecular formula is C16H27NO2. The monoisotopic (exact) mass is 265 g/mol. The zero-order valence-electron chi connectivity index (χ0n) is 12.8. The van der Waals surface area contributed by atoms with Crippen molar-refractivity contribution in [1.29, 1.82) is 0 Å². The second kappa shape index (κ2) is 8.18. The van der Waals surface area contributed by atoms with Crippen LogP contribution in [-0.2, 0) is 4.74 Å². The maximum atomic E-state index is 5.95. The van der Waals surface area contributed by atoms with Crippen molar-refractivity contribution in [2.45, 2.75) is 45.8 Å². The largest absolute Gasteiger partial charge is 0.487 e. The van der Waals surface area contributed by atoms with Crippen molar-refractivity contribution in [3.05, 3.63) is 29.8 Å². The van der Waals surface area contributed by atoms with E-state index in [9.17, 15) is 0 Å². The van der Waals surface area contributed by atoms with Gasteiger partial charge in [0.25, 0.3) is 0 Å². The van der Waals surface area contributed by atoms with Crippen molar-refractivity contribution in [2.24, 2.45) is 0 Å². The van der Waals surface area contributed by atoms with Gasteiger partial charge in [-0.05, 0) is 23.6 Å². The van der Waals surface area contributed by atoms with E-state index in [0.717, 1.165) is 12.3 Å². The fourth-order valence-electron chi connectivity index (χ4n) is 1.81. The van der Waals surface area contributed by atoms with E-state index in [1.165, 1.54) is 5.56 Å². The van der Waals surface area contributed by atoms with Crippen molar-refractivity contribution in [3.63, 3.8) is 0 Å². The molecule has 1 N–H and O–H groups in total. The Morgan fingerprint density at radius 1 is 1.05 bits per heavy atom. The molecule has 3 nitrogen and oxygen atoms in total. The molecule has 0 aromatic heterocycles. The molecule has 1 unspecified atom stereocenters. The first kappa shape index (κ1) is 16.0. The zero-order chi connectivity index (χ0) is 14.3. The van der Waals surface area contributed by atoms with Gasteiger partial charge in [-0.3, -0.25) is 0 Å². The molecule has 1 atom stereocenters. The Labute approximate surface area is 117 Å². The summed E-state index contributed by atoms with van der Waals surface area (Å²) in [5, 5.41) is 3.38. The van der Waals surface area contributed by atoms with Crippen molar-refractivity contribution in [2.75, 3.05) is 20.3 Å². The molecule has 108 valence electrons. The quantitative estimate of drug-likeness (QED) is 0.783. The Morgan fingerprint density at radius 3 is 2.16 bits per heavy atom. The van der Waals surface area contributed by atoms with Gasteiger partial charge in [0.2, 0.25) is 0 Å². The third-order valence-corrected chi connectivity index (χ3v) is 2.96. The summed E-state index contributed by atoms with van der Waals surface area (Å²) in [7, 11) is 1.70. The summed E-state index contributed by atoms with van der Waals surface area (Å²) in [5.74, 6) is 1.45. The van der Waals surface area contributed by atoms with Crippen molar-refractivity contribution < 1.29 is 9.47 Å². The first-order valence-corrected chi connectivity index (χ1v) is 7.01. The lowest BCUT2D eigenvalue weighted by molar-refractivity contribution is 0.0794. The van der Waals surface area contributed by atoms with Crippen LogP contribution in [0, 0.1) is 0 Å². The fraction of sp³-hybridized carbons (Fsp3) is 0.625. The topological polar surface area (TPSA) is 30.5 Å². The van der Waals surface area contributed by atoms with E-state index in [2.05, 4.69) is 45.1 Å². The molecule has 1 aromatic carbocycles. The molecule has 0 spiro atoms. The third-order valence-electron chi connectivity index (χ3n) is 2.96. The van der Waals surface area contributed by atoms with Gasteiger partial charge in [0.1, 0.15) is 11.9 Å². The minimum Gasteiger partial charge on any atom is -0.487 e. The van der Waals surface area contributed by atoms with Crippen LogP contribution in [0.1, 0.15) is 39.2 Å². The van der Waals surface area contributed by atoms with Crippen LogP contribution in [0.15, 0.2) is 24.3 Å². The zero-order valence-corrected chi connectivity index (χ0v) is 12.8. The summed E-state index contributed by atoms with van der Waals surface area (Å²) in [5.41, 5.74) is 1.33. The minimum absolute atomic E-state index is 0.0392. The Kier molecular flexibility index (Phi) is 6.89. The second-order valence-electron chi connectivity index (χ2n) is 5.48. The van der Waals surface area contributed by atoms with Crippen molar-refractivity contribution in [1.82, 2.24) is 5.32 Å². The van der Waals surface area contributed by atoms with E-state index in [1.807, 2.05) is 12.1 Å². The molecule has 0 aliphatic heterocycles. The molecule has 0 saturated carbocycles. The molecule has 0 radical (unpaired) electrons. The normalized spacial score (nSPS) is 13.0. The predicted molar refractivity (Wildman–Crippen MR) is 80.0 cm³/mol. The Bertz CT molecular complexity index is 346. The van der Waals surface area contributed by atoms with Gasteiger partial charge in [0.15, 0.2) is 0 Å². The molecular weight excluding hydrogens is 238 g/mol. The SMILES string of the molecule is COCC(CNC(C)C)Oc1ccc(C(C)C)cc1. The molecule has 0 fully saturated rings. The highest BCUT2D eigenvalue weighted by atomic mass is 16.5. The van der Waals surface area contributed by atoms with E-state index in [0.29, 0.717) is 18.6 Å². The molecule has 0 aliphatic rings. The van der Waals surface area contributed by atoms with Crippen LogP contribution in [0.2, 0.25) is 0 Å². The second-order valence-corrected chi connectivity index (χ2v) is 5.48. The van der Waals surface area contributed by atoms with Crippen molar-refractivity contribution >= 4 is 0 Å². The smallest absolute Gasteiger partial charge is 0.134 e. The molecule has 0 amide bonds. The van der Waals surface area contributed by atoms with Crippen LogP contribution in [0.25, 0.3) is 0 Å². The lowest BCUT2D eigenvalue weighted by Gasteiger charge is -2.20. The molecule has 0 saturated heterocycles. The highest BCUT2D eigenvalue weighted by molar-refractivity contribution is 5.29. The van der Waals surface area contributed by atoms with E-state index >= 15 is 0 Å². The number of nitrogens with one attached hydrogen (secondary N) is 1. The van der Waals surface area contributed by atoms with Gasteiger partial charge < -0.3 is 14.8 Å². The molecule has 1 aromatic rings. The summed E-state index contributed by atoms with van der Waals surface area (Å²) in [4.78, 5) is 0. The Hall–Kier alpha value is -1.06. The number of methoxy groups -OCH3 is 1. The van der Waals surface area contributed by atoms with Gasteiger partial charge in [-0.15, -0.1) is 0 Å². The number of hydrogen-bond donors (Lipinski definition) is 1. The van der Waals surface area contributed by atoms with Gasteiger partial charge in [-0.2, -0.15) is 0 Å². The molecule has 19 heavy (non-hydrogen) atoms. The molecule has 0 bridgehead atoms. The van der Waals surface area contributed by atoms with Gasteiger partial charge in [-0.25, -0.2) is 0 Å². The van der Waals surface area contributed by atoms with Crippen LogP contribution >= 0.6 is 0 Å². The summed E-state index contributed by atoms with van der Waals surface area (Å²) in [6.45, 7) is 10.0. The maximum Gasteiger partial charge on any atom is 0.134 e. The van der Waals surface area contributed by atoms with Crippen LogP contribution in [0.4, 0.5) is 0 Å². The van der Waals surface area contributed by atoms with Gasteiger partial charge >= 0.3 is 0 Å². The molecule has 1 rings (SSSR count). The summed E-state index contributed by atoms with van der Waals surface area (Å²) in [6.07, 6.45) is 0.0392. The first-order valence-electron chi connectivity index (χ1n) is 7.01. The molecule has 3 heteroatoms. The highest BCUT2D eigenvalue weighted by Crippen LogP contribution is 2.19. The average molecular weight is 265 g/mol. The lowest BCUT2D eigenvalue weighted by Crippen LogP contribution is -2.38. The van der Waals surface area contributed by atoms with Crippen LogP contribution in [0.5, 0.6) is 5.75 Å². The predicted octanol–water partition coefficient (Wildman–Crippen LogP) is 3.20. The third kappa shape index (κ3) is 6.08. The van der Waals surface area contributed by atoms with E-state index in [4.69, 9.17) is 9.47 Å². The van der Waals surface area contributed by atoms with Gasteiger partial charge in [0, 0.05) is 19.7 Å². The van der Waals surface area contributed by atoms with Crippen LogP contribution < -0.4 is 10.1 Å². The number of rotatable bonds is 8. The lowest BCUT2D eigenvalue weighted by atomic mass is 10.0. The molecule has 0 aliphatic carbocycles. The summed E-state index contributed by atoms with van der Waals surface area (Å²) >= 11 is 0. The van der Waals surface area contributed by atoms with E-state index in [1.54, 1.807) is 7.11 Å². The number of benzene rings is 1. The summed E-state index contributed by atoms with van der Waals surface area (Å²) in [6, 6.07) is 8.77. The summed E-state index contributed by atoms with van der Waals surface area (Å²) < 4.78 is 11.2. The average Bonchev–Trinajstić information content (AvgIpc) is 2.37.